The standard InChI is InChI=1S/2H2O3.H2O2.H2O/c2*1-3-2;1-2;/h2*1-2H;1-2H;1H2. The van der Waals surface area contributed by atoms with Gasteiger partial charge in [0.1, 0.15) is 0 Å². The van der Waals surface area contributed by atoms with Crippen molar-refractivity contribution >= 4 is 0 Å². The van der Waals surface area contributed by atoms with E-state index < -0.39 is 0 Å². The van der Waals surface area contributed by atoms with E-state index in [2.05, 4.69) is 10.1 Å². The zero-order valence-electron chi connectivity index (χ0n) is 4.00. The fraction of sp³-hybridized carbons (Fsp3) is 0. The van der Waals surface area contributed by atoms with Gasteiger partial charge in [0, 0.05) is 0 Å². The first-order valence-electron chi connectivity index (χ1n) is 0.930. The topological polar surface area (TPSA) is 171 Å². The van der Waals surface area contributed by atoms with E-state index in [9.17, 15) is 0 Å². The van der Waals surface area contributed by atoms with Gasteiger partial charge in [-0.1, -0.05) is 10.1 Å². The third-order valence-electron chi connectivity index (χ3n) is 0. The summed E-state index contributed by atoms with van der Waals surface area (Å²) in [5.74, 6) is 0. The summed E-state index contributed by atoms with van der Waals surface area (Å²) in [6.07, 6.45) is 0. The van der Waals surface area contributed by atoms with Crippen molar-refractivity contribution in [3.05, 3.63) is 0 Å². The number of hydrogen-bond donors (Lipinski definition) is 6. The molecule has 0 aromatic rings. The molecule has 0 spiro atoms. The van der Waals surface area contributed by atoms with E-state index in [4.69, 9.17) is 31.5 Å². The van der Waals surface area contributed by atoms with Gasteiger partial charge in [0.15, 0.2) is 0 Å². The highest BCUT2D eigenvalue weighted by Gasteiger charge is 1.27. The summed E-state index contributed by atoms with van der Waals surface area (Å²) < 4.78 is 0. The summed E-state index contributed by atoms with van der Waals surface area (Å²) in [5.41, 5.74) is 0. The molecule has 0 aromatic carbocycles. The maximum atomic E-state index is 6.62. The minimum atomic E-state index is 0. The van der Waals surface area contributed by atoms with Crippen LogP contribution in [0.5, 0.6) is 0 Å². The zero-order chi connectivity index (χ0) is 7.41. The Morgan fingerprint density at radius 2 is 0.667 bits per heavy atom. The smallest absolute Gasteiger partial charge is 0.0737 e. The highest BCUT2D eigenvalue weighted by Crippen LogP contribution is 1.24. The lowest BCUT2D eigenvalue weighted by molar-refractivity contribution is -0.465. The number of hydrogen-bond acceptors (Lipinski definition) is 8. The Bertz CT molecular complexity index is 2.00. The normalized spacial score (nSPS) is 4.67. The Hall–Kier alpha value is -0.360. The molecule has 0 bridgehead atoms. The average molecular weight is 152 g/mol. The van der Waals surface area contributed by atoms with Crippen molar-refractivity contribution in [2.24, 2.45) is 0 Å². The van der Waals surface area contributed by atoms with E-state index in [0.717, 1.165) is 0 Å². The quantitative estimate of drug-likeness (QED) is 0.191. The van der Waals surface area contributed by atoms with Gasteiger partial charge in [0.25, 0.3) is 0 Å². The van der Waals surface area contributed by atoms with E-state index in [1.807, 2.05) is 0 Å². The molecule has 9 heteroatoms. The van der Waals surface area contributed by atoms with E-state index in [-0.39, 0.29) is 5.48 Å². The molecule has 62 valence electrons. The lowest BCUT2D eigenvalue weighted by atomic mass is 14.6. The van der Waals surface area contributed by atoms with Crippen LogP contribution < -0.4 is 0 Å². The minimum absolute atomic E-state index is 0. The van der Waals surface area contributed by atoms with Crippen LogP contribution in [0.3, 0.4) is 0 Å². The van der Waals surface area contributed by atoms with Gasteiger partial charge in [-0.2, -0.15) is 0 Å². The molecule has 0 saturated heterocycles. The molecule has 0 heterocycles. The van der Waals surface area contributed by atoms with Crippen molar-refractivity contribution in [1.82, 2.24) is 0 Å². The molecule has 0 amide bonds. The first-order chi connectivity index (χ1) is 3.83. The van der Waals surface area contributed by atoms with Gasteiger partial charge in [-0.05, 0) is 0 Å². The summed E-state index contributed by atoms with van der Waals surface area (Å²) in [4.78, 5) is 0. The van der Waals surface area contributed by atoms with Crippen LogP contribution in [0.4, 0.5) is 0 Å². The molecule has 0 fully saturated rings. The van der Waals surface area contributed by atoms with Crippen LogP contribution in [0, 0.1) is 0 Å². The molecule has 0 rings (SSSR count). The van der Waals surface area contributed by atoms with Crippen molar-refractivity contribution in [3.8, 4) is 0 Å². The summed E-state index contributed by atoms with van der Waals surface area (Å²) in [7, 11) is 0. The second-order valence-corrected chi connectivity index (χ2v) is 0.163. The predicted molar refractivity (Wildman–Crippen MR) is 21.6 cm³/mol. The molecule has 0 radical (unpaired) electrons. The average Bonchev–Trinajstić information content (AvgIpc) is 1.75. The maximum Gasteiger partial charge on any atom is -0.0737 e. The monoisotopic (exact) mass is 152 g/mol. The minimum Gasteiger partial charge on any atom is -0.412 e. The SMILES string of the molecule is O.OO.OOO.OOO. The van der Waals surface area contributed by atoms with E-state index in [1.54, 1.807) is 0 Å². The lowest BCUT2D eigenvalue weighted by Crippen LogP contribution is -1.60. The van der Waals surface area contributed by atoms with Crippen LogP contribution >= 0.6 is 0 Å². The van der Waals surface area contributed by atoms with Crippen molar-refractivity contribution in [1.29, 1.82) is 0 Å². The van der Waals surface area contributed by atoms with Gasteiger partial charge in [-0.15, -0.1) is 0 Å². The molecule has 0 unspecified atom stereocenters. The molecule has 0 aliphatic rings. The molecule has 0 atom stereocenters. The van der Waals surface area contributed by atoms with Gasteiger partial charge in [-0.25, -0.2) is 21.0 Å². The van der Waals surface area contributed by atoms with E-state index in [1.165, 1.54) is 0 Å². The summed E-state index contributed by atoms with van der Waals surface area (Å²) >= 11 is 0. The van der Waals surface area contributed by atoms with Crippen LogP contribution in [0.15, 0.2) is 0 Å². The molecule has 9 heavy (non-hydrogen) atoms. The van der Waals surface area contributed by atoms with Crippen molar-refractivity contribution in [2.75, 3.05) is 0 Å². The van der Waals surface area contributed by atoms with Crippen molar-refractivity contribution in [2.45, 2.75) is 0 Å². The Morgan fingerprint density at radius 1 is 0.667 bits per heavy atom. The molecule has 0 saturated carbocycles. The van der Waals surface area contributed by atoms with Crippen LogP contribution in [0.2, 0.25) is 0 Å². The molecule has 9 nitrogen and oxygen atoms in total. The molecule has 8 N–H and O–H groups in total. The maximum absolute atomic E-state index is 6.62. The summed E-state index contributed by atoms with van der Waals surface area (Å²) in [6.45, 7) is 0. The third kappa shape index (κ3) is 1880. The molecule has 0 aliphatic carbocycles. The van der Waals surface area contributed by atoms with Crippen LogP contribution in [-0.4, -0.2) is 37.0 Å². The molecule has 0 aliphatic heterocycles. The largest absolute Gasteiger partial charge is 0.412 e. The second kappa shape index (κ2) is 125. The Balaban J connectivity index is -0.0000000202. The van der Waals surface area contributed by atoms with Gasteiger partial charge < -0.3 is 5.48 Å². The molecular formula is H8O9. The first-order valence-corrected chi connectivity index (χ1v) is 0.930. The highest BCUT2D eigenvalue weighted by atomic mass is 17.4. The van der Waals surface area contributed by atoms with E-state index >= 15 is 0 Å². The first kappa shape index (κ1) is 23.4. The van der Waals surface area contributed by atoms with Crippen molar-refractivity contribution < 1.29 is 47.1 Å². The predicted octanol–water partition coefficient (Wildman–Crippen LogP) is -0.909. The Labute approximate surface area is 48.5 Å². The van der Waals surface area contributed by atoms with Gasteiger partial charge in [0.05, 0.1) is 0 Å². The van der Waals surface area contributed by atoms with Gasteiger partial charge in [-0.3, -0.25) is 10.5 Å². The van der Waals surface area contributed by atoms with Crippen LogP contribution in [0.25, 0.3) is 0 Å². The van der Waals surface area contributed by atoms with E-state index in [0.29, 0.717) is 0 Å². The summed E-state index contributed by atoms with van der Waals surface area (Å²) in [6, 6.07) is 0. The van der Waals surface area contributed by atoms with Crippen LogP contribution in [0.1, 0.15) is 0 Å². The Kier molecular flexibility index (Phi) is 326. The summed E-state index contributed by atoms with van der Waals surface area (Å²) in [5, 5.41) is 43.0. The Morgan fingerprint density at radius 3 is 0.667 bits per heavy atom. The van der Waals surface area contributed by atoms with Gasteiger partial charge >= 0.3 is 0 Å². The lowest BCUT2D eigenvalue weighted by Gasteiger charge is -1.56. The highest BCUT2D eigenvalue weighted by molar-refractivity contribution is 2.38. The second-order valence-electron chi connectivity index (χ2n) is 0.163. The van der Waals surface area contributed by atoms with Gasteiger partial charge in [0.2, 0.25) is 0 Å². The zero-order valence-corrected chi connectivity index (χ0v) is 4.00. The number of rotatable bonds is 0. The fourth-order valence-electron chi connectivity index (χ4n) is 0. The van der Waals surface area contributed by atoms with Crippen LogP contribution in [-0.2, 0) is 10.1 Å². The fourth-order valence-corrected chi connectivity index (χ4v) is 0. The molecule has 0 aromatic heterocycles. The third-order valence-corrected chi connectivity index (χ3v) is 0. The molecular weight excluding hydrogens is 144 g/mol. The van der Waals surface area contributed by atoms with Crippen molar-refractivity contribution in [3.63, 3.8) is 0 Å².